The van der Waals surface area contributed by atoms with Crippen LogP contribution in [0.25, 0.3) is 0 Å². The fourth-order valence-corrected chi connectivity index (χ4v) is 3.14. The quantitative estimate of drug-likeness (QED) is 0.883. The van der Waals surface area contributed by atoms with Crippen LogP contribution in [0.2, 0.25) is 5.02 Å². The van der Waals surface area contributed by atoms with E-state index in [1.165, 1.54) is 0 Å². The van der Waals surface area contributed by atoms with Crippen molar-refractivity contribution in [1.82, 2.24) is 0 Å². The minimum atomic E-state index is -1.21. The first-order valence-corrected chi connectivity index (χ1v) is 7.22. The summed E-state index contributed by atoms with van der Waals surface area (Å²) in [5, 5.41) is 9.22. The molecule has 0 aliphatic carbocycles. The number of benzene rings is 2. The smallest absolute Gasteiger partial charge is 0.0992 e. The van der Waals surface area contributed by atoms with Gasteiger partial charge in [-0.3, -0.25) is 4.21 Å². The number of nitrogens with two attached hydrogens (primary N) is 1. The van der Waals surface area contributed by atoms with Gasteiger partial charge in [0.15, 0.2) is 0 Å². The number of halogens is 1. The topological polar surface area (TPSA) is 66.9 Å². The Bertz CT molecular complexity index is 679. The van der Waals surface area contributed by atoms with Gasteiger partial charge >= 0.3 is 0 Å². The predicted octanol–water partition coefficient (Wildman–Crippen LogP) is 3.10. The number of anilines is 1. The summed E-state index contributed by atoms with van der Waals surface area (Å²) in [6, 6.07) is 13.9. The van der Waals surface area contributed by atoms with Gasteiger partial charge in [-0.1, -0.05) is 23.7 Å². The second-order valence-electron chi connectivity index (χ2n) is 3.98. The minimum absolute atomic E-state index is 0.300. The first-order valence-electron chi connectivity index (χ1n) is 5.52. The number of rotatable bonds is 3. The van der Waals surface area contributed by atoms with Crippen LogP contribution in [0.15, 0.2) is 47.4 Å². The molecule has 0 aliphatic heterocycles. The molecule has 1 unspecified atom stereocenters. The van der Waals surface area contributed by atoms with Gasteiger partial charge in [0, 0.05) is 15.6 Å². The van der Waals surface area contributed by atoms with E-state index in [4.69, 9.17) is 22.6 Å². The Labute approximate surface area is 119 Å². The van der Waals surface area contributed by atoms with Gasteiger partial charge in [-0.25, -0.2) is 0 Å². The van der Waals surface area contributed by atoms with Gasteiger partial charge < -0.3 is 5.73 Å². The summed E-state index contributed by atoms with van der Waals surface area (Å²) in [7, 11) is -1.21. The van der Waals surface area contributed by atoms with Gasteiger partial charge in [0.25, 0.3) is 0 Å². The molecular weight excluding hydrogens is 280 g/mol. The van der Waals surface area contributed by atoms with Crippen molar-refractivity contribution in [1.29, 1.82) is 5.26 Å². The van der Waals surface area contributed by atoms with Crippen LogP contribution in [-0.4, -0.2) is 4.21 Å². The molecule has 2 rings (SSSR count). The normalized spacial score (nSPS) is 11.8. The van der Waals surface area contributed by atoms with Crippen molar-refractivity contribution in [2.24, 2.45) is 0 Å². The largest absolute Gasteiger partial charge is 0.399 e. The van der Waals surface area contributed by atoms with E-state index in [0.29, 0.717) is 26.9 Å². The lowest BCUT2D eigenvalue weighted by atomic mass is 10.2. The highest BCUT2D eigenvalue weighted by molar-refractivity contribution is 7.84. The summed E-state index contributed by atoms with van der Waals surface area (Å²) >= 11 is 6.06. The summed E-state index contributed by atoms with van der Waals surface area (Å²) in [6.07, 6.45) is 0. The van der Waals surface area contributed by atoms with E-state index in [9.17, 15) is 4.21 Å². The van der Waals surface area contributed by atoms with Crippen molar-refractivity contribution in [2.45, 2.75) is 10.6 Å². The summed E-state index contributed by atoms with van der Waals surface area (Å²) < 4.78 is 12.2. The number of nitrogens with zero attached hydrogens (tertiary/aromatic N) is 1. The van der Waals surface area contributed by atoms with Gasteiger partial charge in [0.2, 0.25) is 0 Å². The molecule has 5 heteroatoms. The third-order valence-corrected chi connectivity index (χ3v) is 4.29. The van der Waals surface area contributed by atoms with Crippen LogP contribution in [0.5, 0.6) is 0 Å². The maximum Gasteiger partial charge on any atom is 0.0992 e. The Morgan fingerprint density at radius 3 is 2.68 bits per heavy atom. The first kappa shape index (κ1) is 13.6. The molecule has 96 valence electrons. The summed E-state index contributed by atoms with van der Waals surface area (Å²) in [5.74, 6) is 0.300. The van der Waals surface area contributed by atoms with Crippen LogP contribution < -0.4 is 5.73 Å². The van der Waals surface area contributed by atoms with Crippen LogP contribution in [-0.2, 0) is 16.6 Å². The van der Waals surface area contributed by atoms with Crippen molar-refractivity contribution in [2.75, 3.05) is 5.73 Å². The second-order valence-corrected chi connectivity index (χ2v) is 5.84. The van der Waals surface area contributed by atoms with E-state index in [1.54, 1.807) is 42.5 Å². The highest BCUT2D eigenvalue weighted by atomic mass is 35.5. The maximum absolute atomic E-state index is 12.2. The van der Waals surface area contributed by atoms with Gasteiger partial charge in [0.05, 0.1) is 28.2 Å². The molecule has 0 aliphatic rings. The van der Waals surface area contributed by atoms with Crippen LogP contribution in [0, 0.1) is 11.3 Å². The molecular formula is C14H11ClN2OS. The Hall–Kier alpha value is -1.83. The summed E-state index contributed by atoms with van der Waals surface area (Å²) in [5.41, 5.74) is 7.48. The lowest BCUT2D eigenvalue weighted by Gasteiger charge is -2.06. The molecule has 0 saturated carbocycles. The van der Waals surface area contributed by atoms with E-state index in [-0.39, 0.29) is 0 Å². The number of hydrogen-bond donors (Lipinski definition) is 1. The Morgan fingerprint density at radius 1 is 1.26 bits per heavy atom. The van der Waals surface area contributed by atoms with Crippen LogP contribution in [0.3, 0.4) is 0 Å². The van der Waals surface area contributed by atoms with E-state index < -0.39 is 10.8 Å². The zero-order chi connectivity index (χ0) is 13.8. The van der Waals surface area contributed by atoms with Gasteiger partial charge in [-0.2, -0.15) is 5.26 Å². The van der Waals surface area contributed by atoms with Crippen LogP contribution >= 0.6 is 11.6 Å². The van der Waals surface area contributed by atoms with Crippen LogP contribution in [0.4, 0.5) is 5.69 Å². The Kier molecular flexibility index (Phi) is 4.20. The predicted molar refractivity (Wildman–Crippen MR) is 77.1 cm³/mol. The van der Waals surface area contributed by atoms with Gasteiger partial charge in [-0.05, 0) is 35.9 Å². The molecule has 0 radical (unpaired) electrons. The van der Waals surface area contributed by atoms with Gasteiger partial charge in [0.1, 0.15) is 0 Å². The zero-order valence-electron chi connectivity index (χ0n) is 9.97. The molecule has 0 fully saturated rings. The summed E-state index contributed by atoms with van der Waals surface area (Å²) in [4.78, 5) is 0.667. The molecule has 3 nitrogen and oxygen atoms in total. The second kappa shape index (κ2) is 5.87. The van der Waals surface area contributed by atoms with E-state index in [1.807, 2.05) is 6.07 Å². The standard InChI is InChI=1S/C14H11ClN2OS/c15-14-6-10(8-16)4-5-11(14)9-19(18)13-3-1-2-12(17)7-13/h1-7H,9,17H2. The average molecular weight is 291 g/mol. The number of nitriles is 1. The zero-order valence-corrected chi connectivity index (χ0v) is 11.5. The molecule has 19 heavy (non-hydrogen) atoms. The highest BCUT2D eigenvalue weighted by Gasteiger charge is 2.09. The molecule has 0 amide bonds. The Balaban J connectivity index is 2.22. The fraction of sp³-hybridized carbons (Fsp3) is 0.0714. The highest BCUT2D eigenvalue weighted by Crippen LogP contribution is 2.22. The third kappa shape index (κ3) is 3.34. The minimum Gasteiger partial charge on any atom is -0.399 e. The molecule has 2 N–H and O–H groups in total. The summed E-state index contributed by atoms with van der Waals surface area (Å²) in [6.45, 7) is 0. The molecule has 2 aromatic rings. The van der Waals surface area contributed by atoms with E-state index >= 15 is 0 Å². The number of nitrogen functional groups attached to an aromatic ring is 1. The molecule has 2 aromatic carbocycles. The lowest BCUT2D eigenvalue weighted by molar-refractivity contribution is 0.682. The monoisotopic (exact) mass is 290 g/mol. The van der Waals surface area contributed by atoms with E-state index in [2.05, 4.69) is 0 Å². The third-order valence-electron chi connectivity index (χ3n) is 2.59. The average Bonchev–Trinajstić information content (AvgIpc) is 2.41. The van der Waals surface area contributed by atoms with Crippen LogP contribution in [0.1, 0.15) is 11.1 Å². The fourth-order valence-electron chi connectivity index (χ4n) is 1.61. The number of hydrogen-bond acceptors (Lipinski definition) is 3. The molecule has 0 spiro atoms. The van der Waals surface area contributed by atoms with Crippen molar-refractivity contribution >= 4 is 28.1 Å². The molecule has 0 saturated heterocycles. The van der Waals surface area contributed by atoms with Crippen molar-refractivity contribution in [3.63, 3.8) is 0 Å². The lowest BCUT2D eigenvalue weighted by Crippen LogP contribution is -1.98. The van der Waals surface area contributed by atoms with Crippen molar-refractivity contribution in [3.8, 4) is 6.07 Å². The first-order chi connectivity index (χ1) is 9.10. The van der Waals surface area contributed by atoms with Gasteiger partial charge in [-0.15, -0.1) is 0 Å². The molecule has 0 heterocycles. The van der Waals surface area contributed by atoms with Crippen molar-refractivity contribution < 1.29 is 4.21 Å². The van der Waals surface area contributed by atoms with Crippen molar-refractivity contribution in [3.05, 3.63) is 58.6 Å². The maximum atomic E-state index is 12.2. The molecule has 0 aromatic heterocycles. The van der Waals surface area contributed by atoms with E-state index in [0.717, 1.165) is 5.56 Å². The molecule has 0 bridgehead atoms. The SMILES string of the molecule is N#Cc1ccc(CS(=O)c2cccc(N)c2)c(Cl)c1. The molecule has 1 atom stereocenters. The Morgan fingerprint density at radius 2 is 2.05 bits per heavy atom.